The summed E-state index contributed by atoms with van der Waals surface area (Å²) in [5, 5.41) is 23.1. The van der Waals surface area contributed by atoms with Crippen LogP contribution in [-0.2, 0) is 0 Å². The van der Waals surface area contributed by atoms with Gasteiger partial charge in [0.05, 0.1) is 11.8 Å². The Labute approximate surface area is 154 Å². The van der Waals surface area contributed by atoms with E-state index in [0.717, 1.165) is 5.69 Å². The van der Waals surface area contributed by atoms with Crippen molar-refractivity contribution in [2.75, 3.05) is 12.4 Å². The Kier molecular flexibility index (Phi) is 5.91. The number of benzene rings is 2. The van der Waals surface area contributed by atoms with Crippen LogP contribution in [0.3, 0.4) is 0 Å². The van der Waals surface area contributed by atoms with Crippen LogP contribution in [0.1, 0.15) is 5.56 Å². The summed E-state index contributed by atoms with van der Waals surface area (Å²) in [6, 6.07) is 14.9. The van der Waals surface area contributed by atoms with Crippen molar-refractivity contribution in [1.82, 2.24) is 20.2 Å². The van der Waals surface area contributed by atoms with Crippen molar-refractivity contribution in [3.8, 4) is 11.4 Å². The Morgan fingerprint density at radius 3 is 2.60 bits per heavy atom. The summed E-state index contributed by atoms with van der Waals surface area (Å²) in [6.45, 7) is 2.21. The van der Waals surface area contributed by atoms with E-state index in [1.54, 1.807) is 28.9 Å². The molecule has 2 aromatic carbocycles. The van der Waals surface area contributed by atoms with E-state index in [1.807, 2.05) is 31.2 Å². The minimum atomic E-state index is -0.649. The van der Waals surface area contributed by atoms with Gasteiger partial charge in [-0.3, -0.25) is 0 Å². The average molecular weight is 377 g/mol. The molecule has 0 saturated carbocycles. The summed E-state index contributed by atoms with van der Waals surface area (Å²) >= 11 is 7.20. The zero-order valence-corrected chi connectivity index (χ0v) is 15.1. The molecule has 1 unspecified atom stereocenters. The molecule has 3 rings (SSSR count). The number of halogens is 1. The Balaban J connectivity index is 1.54. The van der Waals surface area contributed by atoms with Crippen LogP contribution < -0.4 is 4.74 Å². The van der Waals surface area contributed by atoms with Crippen molar-refractivity contribution < 1.29 is 9.84 Å². The number of aliphatic hydroxyl groups is 1. The van der Waals surface area contributed by atoms with Gasteiger partial charge in [-0.2, -0.15) is 4.68 Å². The van der Waals surface area contributed by atoms with Crippen molar-refractivity contribution in [2.45, 2.75) is 18.2 Å². The first-order valence-corrected chi connectivity index (χ1v) is 9.03. The molecular weight excluding hydrogens is 360 g/mol. The fourth-order valence-electron chi connectivity index (χ4n) is 2.06. The number of hydrogen-bond donors (Lipinski definition) is 1. The molecule has 0 bridgehead atoms. The van der Waals surface area contributed by atoms with Gasteiger partial charge in [-0.25, -0.2) is 0 Å². The molecule has 25 heavy (non-hydrogen) atoms. The Bertz CT molecular complexity index is 808. The maximum absolute atomic E-state index is 10.1. The molecule has 0 aliphatic rings. The average Bonchev–Trinajstić information content (AvgIpc) is 3.09. The summed E-state index contributed by atoms with van der Waals surface area (Å²) < 4.78 is 7.19. The molecule has 0 aliphatic heterocycles. The summed E-state index contributed by atoms with van der Waals surface area (Å²) in [5.74, 6) is 1.08. The first-order valence-electron chi connectivity index (χ1n) is 7.66. The van der Waals surface area contributed by atoms with E-state index in [1.165, 1.54) is 17.3 Å². The van der Waals surface area contributed by atoms with Crippen LogP contribution in [0.2, 0.25) is 5.02 Å². The third kappa shape index (κ3) is 4.94. The second-order valence-electron chi connectivity index (χ2n) is 5.44. The summed E-state index contributed by atoms with van der Waals surface area (Å²) in [5.41, 5.74) is 2.05. The molecule has 6 nitrogen and oxygen atoms in total. The maximum atomic E-state index is 10.1. The van der Waals surface area contributed by atoms with Crippen LogP contribution in [0.15, 0.2) is 53.7 Å². The number of aryl methyl sites for hydroxylation is 1. The second-order valence-corrected chi connectivity index (χ2v) is 6.86. The number of thioether (sulfide) groups is 1. The number of ether oxygens (including phenoxy) is 1. The molecule has 130 valence electrons. The highest BCUT2D eigenvalue weighted by molar-refractivity contribution is 7.99. The van der Waals surface area contributed by atoms with Crippen molar-refractivity contribution in [3.05, 3.63) is 59.1 Å². The molecule has 1 heterocycles. The van der Waals surface area contributed by atoms with Crippen LogP contribution in [0.5, 0.6) is 5.75 Å². The molecule has 1 atom stereocenters. The monoisotopic (exact) mass is 376 g/mol. The fraction of sp³-hybridized carbons (Fsp3) is 0.235. The zero-order chi connectivity index (χ0) is 17.6. The van der Waals surface area contributed by atoms with Gasteiger partial charge in [0, 0.05) is 10.8 Å². The molecule has 0 fully saturated rings. The summed E-state index contributed by atoms with van der Waals surface area (Å²) in [7, 11) is 0. The number of hydrogen-bond acceptors (Lipinski definition) is 6. The molecule has 1 N–H and O–H groups in total. The van der Waals surface area contributed by atoms with E-state index < -0.39 is 6.10 Å². The SMILES string of the molecule is Cc1ccc(-n2nnnc2SCC(O)COc2ccc(Cl)cc2)cc1. The standard InChI is InChI=1S/C17H17ClN4O2S/c1-12-2-6-14(7-3-12)22-17(19-20-21-22)25-11-15(23)10-24-16-8-4-13(18)5-9-16/h2-9,15,23H,10-11H2,1H3. The second kappa shape index (κ2) is 8.33. The highest BCUT2D eigenvalue weighted by Crippen LogP contribution is 2.20. The van der Waals surface area contributed by atoms with Crippen molar-refractivity contribution in [3.63, 3.8) is 0 Å². The van der Waals surface area contributed by atoms with Crippen molar-refractivity contribution >= 4 is 23.4 Å². The van der Waals surface area contributed by atoms with Crippen LogP contribution >= 0.6 is 23.4 Å². The predicted octanol–water partition coefficient (Wildman–Crippen LogP) is 3.16. The quantitative estimate of drug-likeness (QED) is 0.638. The van der Waals surface area contributed by atoms with Crippen LogP contribution in [-0.4, -0.2) is 43.8 Å². The van der Waals surface area contributed by atoms with E-state index in [-0.39, 0.29) is 6.61 Å². The normalized spacial score (nSPS) is 12.1. The summed E-state index contributed by atoms with van der Waals surface area (Å²) in [6.07, 6.45) is -0.649. The topological polar surface area (TPSA) is 73.1 Å². The Morgan fingerprint density at radius 2 is 1.88 bits per heavy atom. The molecule has 0 amide bonds. The van der Waals surface area contributed by atoms with Gasteiger partial charge in [-0.15, -0.1) is 5.10 Å². The minimum absolute atomic E-state index is 0.181. The number of rotatable bonds is 7. The lowest BCUT2D eigenvalue weighted by atomic mass is 10.2. The Hall–Kier alpha value is -2.09. The molecule has 0 aliphatic carbocycles. The number of aliphatic hydroxyl groups excluding tert-OH is 1. The summed E-state index contributed by atoms with van der Waals surface area (Å²) in [4.78, 5) is 0. The van der Waals surface area contributed by atoms with Crippen LogP contribution in [0, 0.1) is 6.92 Å². The fourth-order valence-corrected chi connectivity index (χ4v) is 2.98. The molecular formula is C17H17ClN4O2S. The lowest BCUT2D eigenvalue weighted by Crippen LogP contribution is -2.20. The van der Waals surface area contributed by atoms with Gasteiger partial charge in [0.25, 0.3) is 0 Å². The minimum Gasteiger partial charge on any atom is -0.491 e. The number of aromatic nitrogens is 4. The van der Waals surface area contributed by atoms with E-state index in [0.29, 0.717) is 21.7 Å². The van der Waals surface area contributed by atoms with Gasteiger partial charge in [0.15, 0.2) is 0 Å². The third-order valence-electron chi connectivity index (χ3n) is 3.38. The molecule has 8 heteroatoms. The smallest absolute Gasteiger partial charge is 0.214 e. The third-order valence-corrected chi connectivity index (χ3v) is 4.70. The van der Waals surface area contributed by atoms with Crippen LogP contribution in [0.4, 0.5) is 0 Å². The molecule has 0 spiro atoms. The lowest BCUT2D eigenvalue weighted by Gasteiger charge is -2.12. The first kappa shape index (κ1) is 17.7. The van der Waals surface area contributed by atoms with Gasteiger partial charge < -0.3 is 9.84 Å². The van der Waals surface area contributed by atoms with Gasteiger partial charge in [0.2, 0.25) is 5.16 Å². The molecule has 1 aromatic heterocycles. The molecule has 0 saturated heterocycles. The van der Waals surface area contributed by atoms with Gasteiger partial charge in [-0.1, -0.05) is 41.1 Å². The number of nitrogens with zero attached hydrogens (tertiary/aromatic N) is 4. The van der Waals surface area contributed by atoms with E-state index in [2.05, 4.69) is 15.5 Å². The largest absolute Gasteiger partial charge is 0.491 e. The highest BCUT2D eigenvalue weighted by atomic mass is 35.5. The maximum Gasteiger partial charge on any atom is 0.214 e. The van der Waals surface area contributed by atoms with Gasteiger partial charge >= 0.3 is 0 Å². The van der Waals surface area contributed by atoms with E-state index in [4.69, 9.17) is 16.3 Å². The van der Waals surface area contributed by atoms with Gasteiger partial charge in [-0.05, 0) is 53.7 Å². The molecule has 0 radical (unpaired) electrons. The van der Waals surface area contributed by atoms with Crippen molar-refractivity contribution in [1.29, 1.82) is 0 Å². The van der Waals surface area contributed by atoms with Gasteiger partial charge in [0.1, 0.15) is 12.4 Å². The Morgan fingerprint density at radius 1 is 1.16 bits per heavy atom. The first-order chi connectivity index (χ1) is 12.1. The van der Waals surface area contributed by atoms with E-state index in [9.17, 15) is 5.11 Å². The van der Waals surface area contributed by atoms with Crippen molar-refractivity contribution in [2.24, 2.45) is 0 Å². The predicted molar refractivity (Wildman–Crippen MR) is 97.6 cm³/mol. The highest BCUT2D eigenvalue weighted by Gasteiger charge is 2.12. The zero-order valence-electron chi connectivity index (χ0n) is 13.5. The number of tetrazole rings is 1. The molecule has 3 aromatic rings. The van der Waals surface area contributed by atoms with E-state index >= 15 is 0 Å². The lowest BCUT2D eigenvalue weighted by molar-refractivity contribution is 0.126. The van der Waals surface area contributed by atoms with Crippen LogP contribution in [0.25, 0.3) is 5.69 Å².